The van der Waals surface area contributed by atoms with Gasteiger partial charge in [0.15, 0.2) is 6.61 Å². The van der Waals surface area contributed by atoms with Crippen LogP contribution in [0.4, 0.5) is 4.39 Å². The smallest absolute Gasteiger partial charge is 0.204 e. The van der Waals surface area contributed by atoms with E-state index in [1.54, 1.807) is 24.3 Å². The number of rotatable bonds is 6. The number of methoxy groups -OCH3 is 1. The number of ether oxygens (including phenoxy) is 2. The summed E-state index contributed by atoms with van der Waals surface area (Å²) in [7, 11) is 1.42. The fourth-order valence-electron chi connectivity index (χ4n) is 1.82. The van der Waals surface area contributed by atoms with Gasteiger partial charge < -0.3 is 14.6 Å². The summed E-state index contributed by atoms with van der Waals surface area (Å²) in [6.45, 7) is -0.280. The van der Waals surface area contributed by atoms with Crippen molar-refractivity contribution in [1.29, 1.82) is 0 Å². The van der Waals surface area contributed by atoms with E-state index in [0.717, 1.165) is 11.6 Å². The van der Waals surface area contributed by atoms with Crippen LogP contribution in [0.3, 0.4) is 0 Å². The molecular formula is C16H15FO4. The van der Waals surface area contributed by atoms with Gasteiger partial charge in [-0.3, -0.25) is 4.79 Å². The van der Waals surface area contributed by atoms with Crippen molar-refractivity contribution in [3.8, 4) is 11.5 Å². The number of aliphatic hydroxyl groups is 1. The van der Waals surface area contributed by atoms with Gasteiger partial charge in [0.05, 0.1) is 19.3 Å². The fraction of sp³-hybridized carbons (Fsp3) is 0.188. The Kier molecular flexibility index (Phi) is 4.90. The second-order valence-corrected chi connectivity index (χ2v) is 4.36. The Balaban J connectivity index is 2.05. The molecule has 0 spiro atoms. The van der Waals surface area contributed by atoms with Gasteiger partial charge >= 0.3 is 0 Å². The highest BCUT2D eigenvalue weighted by molar-refractivity contribution is 5.99. The highest BCUT2D eigenvalue weighted by atomic mass is 19.1. The first-order chi connectivity index (χ1) is 10.1. The van der Waals surface area contributed by atoms with Crippen molar-refractivity contribution in [3.63, 3.8) is 0 Å². The SMILES string of the molecule is COc1ccc(F)cc1C(=O)COc1ccc(CO)cc1. The molecule has 0 radical (unpaired) electrons. The predicted molar refractivity (Wildman–Crippen MR) is 75.1 cm³/mol. The minimum absolute atomic E-state index is 0.0559. The Morgan fingerprint density at radius 1 is 1.19 bits per heavy atom. The number of Topliss-reactive ketones (excluding diaryl/α,β-unsaturated/α-hetero) is 1. The van der Waals surface area contributed by atoms with Crippen LogP contribution < -0.4 is 9.47 Å². The van der Waals surface area contributed by atoms with Gasteiger partial charge in [-0.15, -0.1) is 0 Å². The summed E-state index contributed by atoms with van der Waals surface area (Å²) in [5.41, 5.74) is 0.893. The zero-order valence-electron chi connectivity index (χ0n) is 11.5. The largest absolute Gasteiger partial charge is 0.496 e. The second-order valence-electron chi connectivity index (χ2n) is 4.36. The van der Waals surface area contributed by atoms with Gasteiger partial charge in [-0.2, -0.15) is 0 Å². The monoisotopic (exact) mass is 290 g/mol. The first-order valence-electron chi connectivity index (χ1n) is 6.33. The van der Waals surface area contributed by atoms with E-state index in [9.17, 15) is 9.18 Å². The number of hydrogen-bond donors (Lipinski definition) is 1. The number of carbonyl (C=O) groups is 1. The van der Waals surface area contributed by atoms with Gasteiger partial charge in [0, 0.05) is 0 Å². The second kappa shape index (κ2) is 6.85. The lowest BCUT2D eigenvalue weighted by Gasteiger charge is -2.09. The number of carbonyl (C=O) groups excluding carboxylic acids is 1. The third-order valence-corrected chi connectivity index (χ3v) is 2.94. The van der Waals surface area contributed by atoms with E-state index >= 15 is 0 Å². The minimum atomic E-state index is -0.508. The van der Waals surface area contributed by atoms with Crippen molar-refractivity contribution in [2.24, 2.45) is 0 Å². The molecule has 0 aliphatic heterocycles. The van der Waals surface area contributed by atoms with Crippen LogP contribution in [0.1, 0.15) is 15.9 Å². The Hall–Kier alpha value is -2.40. The van der Waals surface area contributed by atoms with E-state index in [2.05, 4.69) is 0 Å². The predicted octanol–water partition coefficient (Wildman–Crippen LogP) is 2.59. The van der Waals surface area contributed by atoms with Crippen LogP contribution in [0.5, 0.6) is 11.5 Å². The molecule has 0 bridgehead atoms. The summed E-state index contributed by atoms with van der Waals surface area (Å²) in [5.74, 6) is -0.0828. The highest BCUT2D eigenvalue weighted by Crippen LogP contribution is 2.20. The molecule has 5 heteroatoms. The van der Waals surface area contributed by atoms with Crippen LogP contribution in [-0.4, -0.2) is 24.6 Å². The number of ketones is 1. The van der Waals surface area contributed by atoms with E-state index in [4.69, 9.17) is 14.6 Å². The van der Waals surface area contributed by atoms with Crippen molar-refractivity contribution >= 4 is 5.78 Å². The Morgan fingerprint density at radius 2 is 1.90 bits per heavy atom. The quantitative estimate of drug-likeness (QED) is 0.831. The first kappa shape index (κ1) is 15.0. The molecule has 4 nitrogen and oxygen atoms in total. The third-order valence-electron chi connectivity index (χ3n) is 2.94. The molecule has 0 amide bonds. The van der Waals surface area contributed by atoms with Crippen molar-refractivity contribution in [1.82, 2.24) is 0 Å². The molecule has 2 aromatic rings. The Morgan fingerprint density at radius 3 is 2.52 bits per heavy atom. The third kappa shape index (κ3) is 3.79. The summed E-state index contributed by atoms with van der Waals surface area (Å²) in [6, 6.07) is 10.5. The molecule has 0 fully saturated rings. The van der Waals surface area contributed by atoms with Crippen LogP contribution in [0.2, 0.25) is 0 Å². The van der Waals surface area contributed by atoms with Crippen molar-refractivity contribution in [3.05, 3.63) is 59.4 Å². The number of halogens is 1. The van der Waals surface area contributed by atoms with Crippen LogP contribution in [0, 0.1) is 5.82 Å². The van der Waals surface area contributed by atoms with E-state index < -0.39 is 5.82 Å². The summed E-state index contributed by atoms with van der Waals surface area (Å²) in [6.07, 6.45) is 0. The molecule has 0 aliphatic rings. The molecule has 0 saturated carbocycles. The van der Waals surface area contributed by atoms with Gasteiger partial charge in [0.1, 0.15) is 17.3 Å². The lowest BCUT2D eigenvalue weighted by molar-refractivity contribution is 0.0918. The van der Waals surface area contributed by atoms with Crippen molar-refractivity contribution in [2.45, 2.75) is 6.61 Å². The molecule has 0 aromatic heterocycles. The molecule has 2 aromatic carbocycles. The van der Waals surface area contributed by atoms with Gasteiger partial charge in [0.25, 0.3) is 0 Å². The van der Waals surface area contributed by atoms with Gasteiger partial charge in [0.2, 0.25) is 5.78 Å². The minimum Gasteiger partial charge on any atom is -0.496 e. The van der Waals surface area contributed by atoms with E-state index in [1.165, 1.54) is 19.2 Å². The molecular weight excluding hydrogens is 275 g/mol. The van der Waals surface area contributed by atoms with E-state index in [1.807, 2.05) is 0 Å². The average Bonchev–Trinajstić information content (AvgIpc) is 2.53. The lowest BCUT2D eigenvalue weighted by atomic mass is 10.1. The van der Waals surface area contributed by atoms with Crippen molar-refractivity contribution < 1.29 is 23.8 Å². The summed E-state index contributed by atoms with van der Waals surface area (Å²) in [4.78, 5) is 12.1. The summed E-state index contributed by atoms with van der Waals surface area (Å²) < 4.78 is 23.6. The summed E-state index contributed by atoms with van der Waals surface area (Å²) >= 11 is 0. The molecule has 110 valence electrons. The van der Waals surface area contributed by atoms with Gasteiger partial charge in [-0.25, -0.2) is 4.39 Å². The maximum Gasteiger partial charge on any atom is 0.204 e. The van der Waals surface area contributed by atoms with Crippen molar-refractivity contribution in [2.75, 3.05) is 13.7 Å². The molecule has 2 rings (SSSR count). The topological polar surface area (TPSA) is 55.8 Å². The van der Waals surface area contributed by atoms with E-state index in [0.29, 0.717) is 11.5 Å². The standard InChI is InChI=1S/C16H15FO4/c1-20-16-7-4-12(17)8-14(16)15(19)10-21-13-5-2-11(9-18)3-6-13/h2-8,18H,9-10H2,1H3. The molecule has 1 N–H and O–H groups in total. The molecule has 0 heterocycles. The van der Waals surface area contributed by atoms with Gasteiger partial charge in [-0.05, 0) is 35.9 Å². The summed E-state index contributed by atoms with van der Waals surface area (Å²) in [5, 5.41) is 8.93. The van der Waals surface area contributed by atoms with Crippen LogP contribution >= 0.6 is 0 Å². The zero-order chi connectivity index (χ0) is 15.2. The maximum atomic E-state index is 13.2. The number of hydrogen-bond acceptors (Lipinski definition) is 4. The normalized spacial score (nSPS) is 10.2. The van der Waals surface area contributed by atoms with Crippen LogP contribution in [0.25, 0.3) is 0 Å². The molecule has 0 saturated heterocycles. The van der Waals surface area contributed by atoms with Crippen LogP contribution in [0.15, 0.2) is 42.5 Å². The molecule has 0 atom stereocenters. The molecule has 21 heavy (non-hydrogen) atoms. The molecule has 0 unspecified atom stereocenters. The lowest BCUT2D eigenvalue weighted by Crippen LogP contribution is -2.13. The number of aliphatic hydroxyl groups excluding tert-OH is 1. The zero-order valence-corrected chi connectivity index (χ0v) is 11.5. The number of benzene rings is 2. The maximum absolute atomic E-state index is 13.2. The molecule has 0 aliphatic carbocycles. The Labute approximate surface area is 121 Å². The Bertz CT molecular complexity index is 623. The average molecular weight is 290 g/mol. The highest BCUT2D eigenvalue weighted by Gasteiger charge is 2.14. The van der Waals surface area contributed by atoms with Gasteiger partial charge in [-0.1, -0.05) is 12.1 Å². The fourth-order valence-corrected chi connectivity index (χ4v) is 1.82. The first-order valence-corrected chi connectivity index (χ1v) is 6.33. The van der Waals surface area contributed by atoms with E-state index in [-0.39, 0.29) is 24.6 Å². The van der Waals surface area contributed by atoms with Crippen LogP contribution in [-0.2, 0) is 6.61 Å².